The molecule has 2 nitrogen and oxygen atoms in total. The van der Waals surface area contributed by atoms with Crippen molar-refractivity contribution in [2.45, 2.75) is 45.3 Å². The maximum absolute atomic E-state index is 5.86. The first-order chi connectivity index (χ1) is 8.77. The molecule has 0 radical (unpaired) electrons. The van der Waals surface area contributed by atoms with Gasteiger partial charge in [-0.15, -0.1) is 0 Å². The molecule has 4 heteroatoms. The molecule has 3 unspecified atom stereocenters. The highest BCUT2D eigenvalue weighted by Gasteiger charge is 2.35. The van der Waals surface area contributed by atoms with Crippen LogP contribution in [-0.2, 0) is 4.74 Å². The minimum Gasteiger partial charge on any atom is -0.378 e. The van der Waals surface area contributed by atoms with E-state index in [0.717, 1.165) is 19.6 Å². The molecule has 0 aliphatic carbocycles. The molecule has 2 rings (SSSR count). The first-order valence-corrected chi connectivity index (χ1v) is 8.58. The molecule has 0 aromatic carbocycles. The molecule has 0 saturated carbocycles. The lowest BCUT2D eigenvalue weighted by atomic mass is 9.88. The summed E-state index contributed by atoms with van der Waals surface area (Å²) in [7, 11) is 0. The molecule has 1 aliphatic heterocycles. The van der Waals surface area contributed by atoms with E-state index in [9.17, 15) is 0 Å². The third-order valence-corrected chi connectivity index (χ3v) is 5.43. The highest BCUT2D eigenvalue weighted by Crippen LogP contribution is 2.38. The smallest absolute Gasteiger partial charge is 0.0619 e. The van der Waals surface area contributed by atoms with Gasteiger partial charge in [0.15, 0.2) is 0 Å². The first-order valence-electron chi connectivity index (χ1n) is 6.84. The summed E-state index contributed by atoms with van der Waals surface area (Å²) in [6.07, 6.45) is 3.85. The van der Waals surface area contributed by atoms with Crippen molar-refractivity contribution in [1.29, 1.82) is 0 Å². The molecule has 0 amide bonds. The zero-order valence-corrected chi connectivity index (χ0v) is 13.5. The minimum atomic E-state index is 0.408. The summed E-state index contributed by atoms with van der Waals surface area (Å²) in [6, 6.07) is 0.429. The molecule has 1 N–H and O–H groups in total. The molecule has 2 heterocycles. The van der Waals surface area contributed by atoms with Crippen LogP contribution in [-0.4, -0.2) is 19.3 Å². The van der Waals surface area contributed by atoms with Gasteiger partial charge in [0.2, 0.25) is 0 Å². The molecule has 0 spiro atoms. The predicted octanol–water partition coefficient (Wildman–Crippen LogP) is 4.37. The zero-order chi connectivity index (χ0) is 13.0. The summed E-state index contributed by atoms with van der Waals surface area (Å²) in [4.78, 5) is 0. The Morgan fingerprint density at radius 3 is 2.94 bits per heavy atom. The van der Waals surface area contributed by atoms with Crippen LogP contribution in [0.5, 0.6) is 0 Å². The Balaban J connectivity index is 2.17. The number of thiophene rings is 1. The Hall–Kier alpha value is 0.1000. The van der Waals surface area contributed by atoms with Crippen LogP contribution < -0.4 is 5.32 Å². The van der Waals surface area contributed by atoms with E-state index >= 15 is 0 Å². The number of hydrogen-bond donors (Lipinski definition) is 1. The van der Waals surface area contributed by atoms with E-state index in [2.05, 4.69) is 45.9 Å². The Morgan fingerprint density at radius 2 is 2.33 bits per heavy atom. The number of halogens is 1. The van der Waals surface area contributed by atoms with Crippen molar-refractivity contribution < 1.29 is 4.74 Å². The van der Waals surface area contributed by atoms with Gasteiger partial charge in [0.25, 0.3) is 0 Å². The largest absolute Gasteiger partial charge is 0.378 e. The monoisotopic (exact) mass is 331 g/mol. The van der Waals surface area contributed by atoms with E-state index in [1.165, 1.54) is 22.9 Å². The summed E-state index contributed by atoms with van der Waals surface area (Å²) >= 11 is 5.45. The van der Waals surface area contributed by atoms with E-state index in [0.29, 0.717) is 18.1 Å². The van der Waals surface area contributed by atoms with Gasteiger partial charge in [-0.3, -0.25) is 0 Å². The Kier molecular flexibility index (Phi) is 5.67. The molecule has 3 atom stereocenters. The van der Waals surface area contributed by atoms with Gasteiger partial charge in [0, 0.05) is 28.4 Å². The average Bonchev–Trinajstić information content (AvgIpc) is 2.99. The Bertz CT molecular complexity index is 368. The van der Waals surface area contributed by atoms with Crippen LogP contribution in [0.4, 0.5) is 0 Å². The van der Waals surface area contributed by atoms with Gasteiger partial charge in [0.1, 0.15) is 0 Å². The number of rotatable bonds is 6. The Morgan fingerprint density at radius 1 is 1.50 bits per heavy atom. The molecule has 1 fully saturated rings. The summed E-state index contributed by atoms with van der Waals surface area (Å²) < 4.78 is 7.10. The standard InChI is InChI=1S/C14H22BrNOS/c1-3-6-16-14(11-8-18-9-12(11)15)10-5-7-17-13(10)4-2/h8-10,13-14,16H,3-7H2,1-2H3. The fourth-order valence-electron chi connectivity index (χ4n) is 2.77. The van der Waals surface area contributed by atoms with Gasteiger partial charge in [-0.2, -0.15) is 11.3 Å². The third kappa shape index (κ3) is 3.16. The van der Waals surface area contributed by atoms with Crippen LogP contribution in [0.2, 0.25) is 0 Å². The lowest BCUT2D eigenvalue weighted by Crippen LogP contribution is -2.33. The van der Waals surface area contributed by atoms with Gasteiger partial charge < -0.3 is 10.1 Å². The van der Waals surface area contributed by atoms with Gasteiger partial charge in [-0.1, -0.05) is 13.8 Å². The highest BCUT2D eigenvalue weighted by atomic mass is 79.9. The number of ether oxygens (including phenoxy) is 1. The van der Waals surface area contributed by atoms with E-state index < -0.39 is 0 Å². The summed E-state index contributed by atoms with van der Waals surface area (Å²) in [6.45, 7) is 6.42. The van der Waals surface area contributed by atoms with Gasteiger partial charge in [-0.25, -0.2) is 0 Å². The van der Waals surface area contributed by atoms with Crippen molar-refractivity contribution in [3.8, 4) is 0 Å². The van der Waals surface area contributed by atoms with E-state index in [-0.39, 0.29) is 0 Å². The molecule has 1 aliphatic rings. The van der Waals surface area contributed by atoms with Crippen molar-refractivity contribution >= 4 is 27.3 Å². The molecule has 0 bridgehead atoms. The van der Waals surface area contributed by atoms with E-state index in [4.69, 9.17) is 4.74 Å². The first kappa shape index (κ1) is 14.5. The topological polar surface area (TPSA) is 21.3 Å². The van der Waals surface area contributed by atoms with Crippen molar-refractivity contribution in [3.63, 3.8) is 0 Å². The summed E-state index contributed by atoms with van der Waals surface area (Å²) in [5.74, 6) is 0.604. The van der Waals surface area contributed by atoms with Crippen LogP contribution >= 0.6 is 27.3 Å². The van der Waals surface area contributed by atoms with Crippen molar-refractivity contribution in [2.24, 2.45) is 5.92 Å². The lowest BCUT2D eigenvalue weighted by molar-refractivity contribution is 0.0774. The quantitative estimate of drug-likeness (QED) is 0.835. The average molecular weight is 332 g/mol. The maximum Gasteiger partial charge on any atom is 0.0619 e. The zero-order valence-electron chi connectivity index (χ0n) is 11.1. The summed E-state index contributed by atoms with van der Waals surface area (Å²) in [5.41, 5.74) is 1.41. The maximum atomic E-state index is 5.86. The van der Waals surface area contributed by atoms with Crippen LogP contribution in [0, 0.1) is 5.92 Å². The van der Waals surface area contributed by atoms with Crippen molar-refractivity contribution in [2.75, 3.05) is 13.2 Å². The SMILES string of the molecule is CCCNC(c1cscc1Br)C1CCOC1CC. The second kappa shape index (κ2) is 7.04. The van der Waals surface area contributed by atoms with Crippen LogP contribution in [0.1, 0.15) is 44.7 Å². The van der Waals surface area contributed by atoms with Crippen LogP contribution in [0.3, 0.4) is 0 Å². The highest BCUT2D eigenvalue weighted by molar-refractivity contribution is 9.10. The third-order valence-electron chi connectivity index (χ3n) is 3.68. The molecular formula is C14H22BrNOS. The van der Waals surface area contributed by atoms with Crippen LogP contribution in [0.15, 0.2) is 15.2 Å². The van der Waals surface area contributed by atoms with Crippen LogP contribution in [0.25, 0.3) is 0 Å². The van der Waals surface area contributed by atoms with Crippen molar-refractivity contribution in [3.05, 3.63) is 20.8 Å². The predicted molar refractivity (Wildman–Crippen MR) is 81.2 cm³/mol. The molecular weight excluding hydrogens is 310 g/mol. The normalized spacial score (nSPS) is 25.5. The molecule has 1 aromatic rings. The minimum absolute atomic E-state index is 0.408. The summed E-state index contributed by atoms with van der Waals surface area (Å²) in [5, 5.41) is 8.16. The Labute approximate surface area is 122 Å². The van der Waals surface area contributed by atoms with Gasteiger partial charge >= 0.3 is 0 Å². The van der Waals surface area contributed by atoms with Gasteiger partial charge in [0.05, 0.1) is 6.10 Å². The second-order valence-corrected chi connectivity index (χ2v) is 6.47. The molecule has 102 valence electrons. The number of nitrogens with one attached hydrogen (secondary N) is 1. The van der Waals surface area contributed by atoms with Gasteiger partial charge in [-0.05, 0) is 52.7 Å². The fraction of sp³-hybridized carbons (Fsp3) is 0.714. The number of hydrogen-bond acceptors (Lipinski definition) is 3. The lowest BCUT2D eigenvalue weighted by Gasteiger charge is -2.28. The van der Waals surface area contributed by atoms with E-state index in [1.54, 1.807) is 11.3 Å². The molecule has 1 saturated heterocycles. The van der Waals surface area contributed by atoms with E-state index in [1.807, 2.05) is 0 Å². The fourth-order valence-corrected chi connectivity index (χ4v) is 4.35. The molecule has 1 aromatic heterocycles. The second-order valence-electron chi connectivity index (χ2n) is 4.88. The van der Waals surface area contributed by atoms with Crippen molar-refractivity contribution in [1.82, 2.24) is 5.32 Å². The molecule has 18 heavy (non-hydrogen) atoms.